The minimum atomic E-state index is -4.11. The van der Waals surface area contributed by atoms with Crippen LogP contribution in [0.15, 0.2) is 60.3 Å². The number of benzene rings is 1. The maximum Gasteiger partial charge on any atom is 0.251 e. The number of rotatable bonds is 8. The topological polar surface area (TPSA) is 131 Å². The third-order valence-corrected chi connectivity index (χ3v) is 8.46. The van der Waals surface area contributed by atoms with Crippen molar-refractivity contribution in [2.45, 2.75) is 49.2 Å². The quantitative estimate of drug-likeness (QED) is 0.416. The molecule has 3 unspecified atom stereocenters. The molecule has 0 saturated carbocycles. The van der Waals surface area contributed by atoms with E-state index >= 15 is 0 Å². The Bertz CT molecular complexity index is 1290. The predicted octanol–water partition coefficient (Wildman–Crippen LogP) is 1.10. The minimum absolute atomic E-state index is 0.187. The van der Waals surface area contributed by atoms with Crippen LogP contribution in [0.25, 0.3) is 6.08 Å². The van der Waals surface area contributed by atoms with Crippen LogP contribution in [0.1, 0.15) is 42.1 Å². The van der Waals surface area contributed by atoms with Gasteiger partial charge in [-0.25, -0.2) is 8.42 Å². The lowest BCUT2D eigenvalue weighted by molar-refractivity contribution is -0.607. The molecule has 11 heteroatoms. The molecule has 1 N–H and O–H groups in total. The predicted molar refractivity (Wildman–Crippen MR) is 131 cm³/mol. The first-order chi connectivity index (χ1) is 17.2. The molecule has 0 radical (unpaired) electrons. The number of likely N-dealkylation sites (tertiary alicyclic amines) is 1. The van der Waals surface area contributed by atoms with Crippen molar-refractivity contribution in [3.8, 4) is 0 Å². The molecule has 2 aliphatic rings. The summed E-state index contributed by atoms with van der Waals surface area (Å²) >= 11 is 0. The van der Waals surface area contributed by atoms with Gasteiger partial charge >= 0.3 is 0 Å². The fraction of sp³-hybridized carbons (Fsp3) is 0.360. The lowest BCUT2D eigenvalue weighted by Crippen LogP contribution is -2.52. The van der Waals surface area contributed by atoms with Crippen molar-refractivity contribution in [1.29, 1.82) is 0 Å². The van der Waals surface area contributed by atoms with E-state index in [1.54, 1.807) is 30.3 Å². The summed E-state index contributed by atoms with van der Waals surface area (Å²) in [5.41, 5.74) is 1.25. The van der Waals surface area contributed by atoms with Gasteiger partial charge in [0, 0.05) is 18.2 Å². The zero-order valence-corrected chi connectivity index (χ0v) is 20.7. The van der Waals surface area contributed by atoms with E-state index in [4.69, 9.17) is 0 Å². The van der Waals surface area contributed by atoms with E-state index in [2.05, 4.69) is 11.9 Å². The number of carbonyl (C=O) groups is 3. The van der Waals surface area contributed by atoms with Gasteiger partial charge in [0.15, 0.2) is 18.2 Å². The first-order valence-electron chi connectivity index (χ1n) is 11.7. The Morgan fingerprint density at radius 2 is 2.00 bits per heavy atom. The molecule has 3 atom stereocenters. The molecule has 2 aliphatic heterocycles. The van der Waals surface area contributed by atoms with Gasteiger partial charge in [-0.3, -0.25) is 14.4 Å². The van der Waals surface area contributed by atoms with Gasteiger partial charge in [-0.2, -0.15) is 9.04 Å². The van der Waals surface area contributed by atoms with Crippen molar-refractivity contribution < 1.29 is 27.5 Å². The van der Waals surface area contributed by atoms with Crippen molar-refractivity contribution in [3.05, 3.63) is 71.7 Å². The standard InChI is InChI=1S/C25H28N4O6S/c1-3-6-20(26-24(31)18-10-8-17(4-2)9-11-18)25(32)28-14-12-21-23(28)22(30)16-29(21)36(34,35)19-7-5-13-27(33)15-19/h4-5,7-11,13,15,20-21,23H,2-3,6,12,14,16H2,1H3,(H,26,31). The molecule has 2 fully saturated rings. The Kier molecular flexibility index (Phi) is 7.23. The van der Waals surface area contributed by atoms with Crippen molar-refractivity contribution in [2.24, 2.45) is 0 Å². The molecule has 0 spiro atoms. The number of hydrogen-bond donors (Lipinski definition) is 1. The highest BCUT2D eigenvalue weighted by molar-refractivity contribution is 7.89. The third kappa shape index (κ3) is 4.76. The van der Waals surface area contributed by atoms with Gasteiger partial charge in [0.1, 0.15) is 17.0 Å². The number of hydrogen-bond acceptors (Lipinski definition) is 6. The van der Waals surface area contributed by atoms with E-state index in [1.165, 1.54) is 23.2 Å². The summed E-state index contributed by atoms with van der Waals surface area (Å²) in [4.78, 5) is 40.4. The first kappa shape index (κ1) is 25.5. The molecule has 0 bridgehead atoms. The summed E-state index contributed by atoms with van der Waals surface area (Å²) in [7, 11) is -4.11. The SMILES string of the molecule is C=Cc1ccc(C(=O)NC(CCC)C(=O)N2CCC3C2C(=O)CN3S(=O)(=O)c2ccc[n+]([O-])c2)cc1. The van der Waals surface area contributed by atoms with Crippen molar-refractivity contribution in [2.75, 3.05) is 13.1 Å². The summed E-state index contributed by atoms with van der Waals surface area (Å²) in [6.07, 6.45) is 5.04. The molecule has 2 aromatic rings. The van der Waals surface area contributed by atoms with E-state index in [9.17, 15) is 28.0 Å². The Labute approximate surface area is 209 Å². The Morgan fingerprint density at radius 1 is 1.28 bits per heavy atom. The van der Waals surface area contributed by atoms with Gasteiger partial charge in [0.05, 0.1) is 12.6 Å². The summed E-state index contributed by atoms with van der Waals surface area (Å²) in [5.74, 6) is -1.21. The average molecular weight is 513 g/mol. The number of aromatic nitrogens is 1. The number of ketones is 1. The van der Waals surface area contributed by atoms with Gasteiger partial charge in [0.25, 0.3) is 5.91 Å². The molecule has 1 aromatic heterocycles. The zero-order valence-electron chi connectivity index (χ0n) is 19.9. The van der Waals surface area contributed by atoms with Crippen LogP contribution in [0.3, 0.4) is 0 Å². The number of sulfonamides is 1. The van der Waals surface area contributed by atoms with Gasteiger partial charge < -0.3 is 15.4 Å². The second kappa shape index (κ2) is 10.2. The second-order valence-electron chi connectivity index (χ2n) is 8.89. The summed E-state index contributed by atoms with van der Waals surface area (Å²) < 4.78 is 27.8. The Hall–Kier alpha value is -3.57. The van der Waals surface area contributed by atoms with Crippen molar-refractivity contribution >= 4 is 33.7 Å². The van der Waals surface area contributed by atoms with E-state index in [0.717, 1.165) is 16.1 Å². The number of Topliss-reactive ketones (excluding diaryl/α,β-unsaturated/α-hetero) is 1. The molecule has 3 heterocycles. The smallest absolute Gasteiger partial charge is 0.251 e. The lowest BCUT2D eigenvalue weighted by Gasteiger charge is -2.28. The van der Waals surface area contributed by atoms with Crippen LogP contribution in [0, 0.1) is 5.21 Å². The van der Waals surface area contributed by atoms with E-state index in [1.807, 2.05) is 6.92 Å². The molecule has 2 amide bonds. The lowest BCUT2D eigenvalue weighted by atomic mass is 10.1. The summed E-state index contributed by atoms with van der Waals surface area (Å²) in [5, 5.41) is 14.4. The van der Waals surface area contributed by atoms with Crippen LogP contribution >= 0.6 is 0 Å². The van der Waals surface area contributed by atoms with E-state index < -0.39 is 40.0 Å². The highest BCUT2D eigenvalue weighted by atomic mass is 32.2. The van der Waals surface area contributed by atoms with Crippen LogP contribution in [-0.4, -0.2) is 66.4 Å². The van der Waals surface area contributed by atoms with Crippen molar-refractivity contribution in [3.63, 3.8) is 0 Å². The fourth-order valence-electron chi connectivity index (χ4n) is 4.82. The van der Waals surface area contributed by atoms with E-state index in [0.29, 0.717) is 23.1 Å². The van der Waals surface area contributed by atoms with Gasteiger partial charge in [-0.05, 0) is 36.6 Å². The number of nitrogens with zero attached hydrogens (tertiary/aromatic N) is 3. The molecule has 1 aromatic carbocycles. The largest absolute Gasteiger partial charge is 0.619 e. The molecule has 190 valence electrons. The average Bonchev–Trinajstić information content (AvgIpc) is 3.45. The van der Waals surface area contributed by atoms with E-state index in [-0.39, 0.29) is 30.2 Å². The highest BCUT2D eigenvalue weighted by Crippen LogP contribution is 2.34. The molecule has 10 nitrogen and oxygen atoms in total. The second-order valence-corrected chi connectivity index (χ2v) is 10.8. The van der Waals surface area contributed by atoms with Crippen LogP contribution in [0.5, 0.6) is 0 Å². The van der Waals surface area contributed by atoms with Crippen LogP contribution in [-0.2, 0) is 19.6 Å². The molecule has 4 rings (SSSR count). The maximum absolute atomic E-state index is 13.5. The molecule has 0 aliphatic carbocycles. The number of fused-ring (bicyclic) bond motifs is 1. The molecule has 2 saturated heterocycles. The van der Waals surface area contributed by atoms with Gasteiger partial charge in [-0.1, -0.05) is 38.1 Å². The Morgan fingerprint density at radius 3 is 2.64 bits per heavy atom. The normalized spacial score (nSPS) is 20.7. The maximum atomic E-state index is 13.5. The number of amides is 2. The molecule has 36 heavy (non-hydrogen) atoms. The van der Waals surface area contributed by atoms with Gasteiger partial charge in [-0.15, -0.1) is 0 Å². The number of nitrogens with one attached hydrogen (secondary N) is 1. The van der Waals surface area contributed by atoms with Crippen LogP contribution in [0.4, 0.5) is 0 Å². The first-order valence-corrected chi connectivity index (χ1v) is 13.2. The summed E-state index contributed by atoms with van der Waals surface area (Å²) in [6.45, 7) is 5.38. The van der Waals surface area contributed by atoms with Crippen LogP contribution < -0.4 is 10.0 Å². The monoisotopic (exact) mass is 512 g/mol. The number of pyridine rings is 1. The molecular formula is C25H28N4O6S. The fourth-order valence-corrected chi connectivity index (χ4v) is 6.45. The van der Waals surface area contributed by atoms with Crippen molar-refractivity contribution in [1.82, 2.24) is 14.5 Å². The summed E-state index contributed by atoms with van der Waals surface area (Å²) in [6, 6.07) is 6.89. The zero-order chi connectivity index (χ0) is 26.0. The minimum Gasteiger partial charge on any atom is -0.619 e. The van der Waals surface area contributed by atoms with Gasteiger partial charge in [0.2, 0.25) is 15.9 Å². The molecular weight excluding hydrogens is 484 g/mol. The van der Waals surface area contributed by atoms with Crippen LogP contribution in [0.2, 0.25) is 0 Å². The highest BCUT2D eigenvalue weighted by Gasteiger charge is 2.54. The third-order valence-electron chi connectivity index (χ3n) is 6.60. The number of carbonyl (C=O) groups excluding carboxylic acids is 3. The Balaban J connectivity index is 1.52.